The van der Waals surface area contributed by atoms with Crippen molar-refractivity contribution in [2.24, 2.45) is 11.8 Å². The minimum absolute atomic E-state index is 0.00380. The van der Waals surface area contributed by atoms with Gasteiger partial charge in [0.2, 0.25) is 0 Å². The average Bonchev–Trinajstić information content (AvgIpc) is 2.31. The number of carbonyl (C=O) groups excluding carboxylic acids is 2. The predicted octanol–water partition coefficient (Wildman–Crippen LogP) is 2.97. The number of aldehydes is 1. The molecule has 0 aromatic carbocycles. The number of rotatable bonds is 9. The molecule has 0 aromatic heterocycles. The summed E-state index contributed by atoms with van der Waals surface area (Å²) in [6.07, 6.45) is 5.44. The largest absolute Gasteiger partial charge is 0.465 e. The second kappa shape index (κ2) is 9.37. The Morgan fingerprint density at radius 1 is 1.25 bits per heavy atom. The van der Waals surface area contributed by atoms with E-state index in [0.29, 0.717) is 0 Å². The highest BCUT2D eigenvalue weighted by atomic mass is 16.5. The monoisotopic (exact) mass is 228 g/mol. The van der Waals surface area contributed by atoms with Crippen molar-refractivity contribution >= 4 is 12.3 Å². The van der Waals surface area contributed by atoms with Crippen molar-refractivity contribution < 1.29 is 14.3 Å². The third kappa shape index (κ3) is 5.89. The summed E-state index contributed by atoms with van der Waals surface area (Å²) in [5, 5.41) is 0. The molecular weight excluding hydrogens is 204 g/mol. The fourth-order valence-electron chi connectivity index (χ4n) is 1.50. The lowest BCUT2D eigenvalue weighted by Crippen LogP contribution is -2.21. The maximum atomic E-state index is 11.7. The molecule has 0 heterocycles. The van der Waals surface area contributed by atoms with Crippen LogP contribution in [0.1, 0.15) is 52.9 Å². The lowest BCUT2D eigenvalue weighted by molar-refractivity contribution is -0.150. The van der Waals surface area contributed by atoms with Crippen LogP contribution in [-0.4, -0.2) is 18.9 Å². The van der Waals surface area contributed by atoms with Gasteiger partial charge in [-0.1, -0.05) is 33.6 Å². The highest BCUT2D eigenvalue weighted by Gasteiger charge is 2.18. The zero-order chi connectivity index (χ0) is 12.4. The predicted molar refractivity (Wildman–Crippen MR) is 64.1 cm³/mol. The second-order valence-electron chi connectivity index (χ2n) is 4.18. The number of unbranched alkanes of at least 4 members (excludes halogenated alkanes) is 1. The summed E-state index contributed by atoms with van der Waals surface area (Å²) in [7, 11) is 0. The molecular formula is C13H24O3. The Morgan fingerprint density at radius 2 is 1.94 bits per heavy atom. The van der Waals surface area contributed by atoms with E-state index in [-0.39, 0.29) is 24.4 Å². The minimum Gasteiger partial charge on any atom is -0.465 e. The maximum absolute atomic E-state index is 11.7. The van der Waals surface area contributed by atoms with Gasteiger partial charge in [-0.2, -0.15) is 0 Å². The van der Waals surface area contributed by atoms with Gasteiger partial charge in [0.05, 0.1) is 5.92 Å². The van der Waals surface area contributed by atoms with Crippen LogP contribution in [0.2, 0.25) is 0 Å². The maximum Gasteiger partial charge on any atom is 0.308 e. The highest BCUT2D eigenvalue weighted by Crippen LogP contribution is 2.15. The average molecular weight is 228 g/mol. The van der Waals surface area contributed by atoms with Crippen LogP contribution in [0.25, 0.3) is 0 Å². The molecule has 0 aliphatic carbocycles. The van der Waals surface area contributed by atoms with Gasteiger partial charge in [-0.25, -0.2) is 0 Å². The van der Waals surface area contributed by atoms with E-state index in [1.807, 2.05) is 13.8 Å². The molecule has 0 N–H and O–H groups in total. The summed E-state index contributed by atoms with van der Waals surface area (Å²) in [6.45, 7) is 6.26. The van der Waals surface area contributed by atoms with Gasteiger partial charge in [-0.3, -0.25) is 4.79 Å². The summed E-state index contributed by atoms with van der Waals surface area (Å²) in [5.74, 6) is -0.284. The van der Waals surface area contributed by atoms with E-state index < -0.39 is 0 Å². The Morgan fingerprint density at radius 3 is 2.38 bits per heavy atom. The van der Waals surface area contributed by atoms with Gasteiger partial charge in [-0.05, 0) is 19.3 Å². The molecule has 0 aromatic rings. The van der Waals surface area contributed by atoms with Gasteiger partial charge in [0, 0.05) is 5.92 Å². The topological polar surface area (TPSA) is 43.4 Å². The summed E-state index contributed by atoms with van der Waals surface area (Å²) in [4.78, 5) is 22.2. The van der Waals surface area contributed by atoms with E-state index >= 15 is 0 Å². The molecule has 2 unspecified atom stereocenters. The van der Waals surface area contributed by atoms with Crippen LogP contribution in [0.15, 0.2) is 0 Å². The SMILES string of the molecule is CCCCC(CC)C(=O)OCC(C=O)CC. The van der Waals surface area contributed by atoms with E-state index in [1.165, 1.54) is 0 Å². The lowest BCUT2D eigenvalue weighted by Gasteiger charge is -2.15. The third-order valence-corrected chi connectivity index (χ3v) is 2.89. The summed E-state index contributed by atoms with van der Waals surface area (Å²) in [5.41, 5.74) is 0. The molecule has 0 aliphatic heterocycles. The number of hydrogen-bond acceptors (Lipinski definition) is 3. The van der Waals surface area contributed by atoms with Crippen LogP contribution in [-0.2, 0) is 14.3 Å². The molecule has 2 atom stereocenters. The quantitative estimate of drug-likeness (QED) is 0.450. The first kappa shape index (κ1) is 15.1. The van der Waals surface area contributed by atoms with Crippen molar-refractivity contribution in [3.63, 3.8) is 0 Å². The van der Waals surface area contributed by atoms with Crippen molar-refractivity contribution in [1.82, 2.24) is 0 Å². The van der Waals surface area contributed by atoms with Gasteiger partial charge in [0.15, 0.2) is 0 Å². The fraction of sp³-hybridized carbons (Fsp3) is 0.846. The smallest absolute Gasteiger partial charge is 0.308 e. The first-order valence-electron chi connectivity index (χ1n) is 6.31. The van der Waals surface area contributed by atoms with Crippen molar-refractivity contribution in [3.05, 3.63) is 0 Å². The van der Waals surface area contributed by atoms with Crippen LogP contribution in [0.5, 0.6) is 0 Å². The first-order valence-corrected chi connectivity index (χ1v) is 6.31. The van der Waals surface area contributed by atoms with Crippen molar-refractivity contribution in [2.75, 3.05) is 6.61 Å². The van der Waals surface area contributed by atoms with Crippen LogP contribution < -0.4 is 0 Å². The molecule has 16 heavy (non-hydrogen) atoms. The molecule has 0 saturated heterocycles. The van der Waals surface area contributed by atoms with Crippen LogP contribution in [0.3, 0.4) is 0 Å². The van der Waals surface area contributed by atoms with Gasteiger partial charge in [0.1, 0.15) is 12.9 Å². The third-order valence-electron chi connectivity index (χ3n) is 2.89. The molecule has 0 spiro atoms. The Labute approximate surface area is 98.6 Å². The number of hydrogen-bond donors (Lipinski definition) is 0. The Kier molecular flexibility index (Phi) is 8.87. The highest BCUT2D eigenvalue weighted by molar-refractivity contribution is 5.72. The standard InChI is InChI=1S/C13H24O3/c1-4-7-8-12(6-3)13(15)16-10-11(5-2)9-14/h9,11-12H,4-8,10H2,1-3H3. The minimum atomic E-state index is -0.146. The molecule has 0 rings (SSSR count). The summed E-state index contributed by atoms with van der Waals surface area (Å²) < 4.78 is 5.17. The fourth-order valence-corrected chi connectivity index (χ4v) is 1.50. The van der Waals surface area contributed by atoms with Crippen molar-refractivity contribution in [3.8, 4) is 0 Å². The Bertz CT molecular complexity index is 201. The molecule has 3 heteroatoms. The first-order chi connectivity index (χ1) is 7.69. The molecule has 0 bridgehead atoms. The zero-order valence-electron chi connectivity index (χ0n) is 10.7. The van der Waals surface area contributed by atoms with E-state index in [9.17, 15) is 9.59 Å². The molecule has 94 valence electrons. The van der Waals surface area contributed by atoms with Gasteiger partial charge >= 0.3 is 5.97 Å². The van der Waals surface area contributed by atoms with E-state index in [1.54, 1.807) is 0 Å². The normalized spacial score (nSPS) is 14.2. The second-order valence-corrected chi connectivity index (χ2v) is 4.18. The number of ether oxygens (including phenoxy) is 1. The lowest BCUT2D eigenvalue weighted by atomic mass is 9.99. The van der Waals surface area contributed by atoms with E-state index in [2.05, 4.69) is 6.92 Å². The van der Waals surface area contributed by atoms with Crippen LogP contribution in [0.4, 0.5) is 0 Å². The van der Waals surface area contributed by atoms with Crippen LogP contribution >= 0.6 is 0 Å². The molecule has 0 aliphatic rings. The van der Waals surface area contributed by atoms with Crippen molar-refractivity contribution in [1.29, 1.82) is 0 Å². The van der Waals surface area contributed by atoms with E-state index in [4.69, 9.17) is 4.74 Å². The summed E-state index contributed by atoms with van der Waals surface area (Å²) >= 11 is 0. The number of esters is 1. The van der Waals surface area contributed by atoms with E-state index in [0.717, 1.165) is 38.4 Å². The molecule has 3 nitrogen and oxygen atoms in total. The summed E-state index contributed by atoms with van der Waals surface area (Å²) in [6, 6.07) is 0. The van der Waals surface area contributed by atoms with Crippen LogP contribution in [0, 0.1) is 11.8 Å². The van der Waals surface area contributed by atoms with Crippen molar-refractivity contribution in [2.45, 2.75) is 52.9 Å². The van der Waals surface area contributed by atoms with Gasteiger partial charge in [-0.15, -0.1) is 0 Å². The molecule has 0 radical (unpaired) electrons. The molecule has 0 fully saturated rings. The Balaban J connectivity index is 3.95. The number of carbonyl (C=O) groups is 2. The zero-order valence-corrected chi connectivity index (χ0v) is 10.7. The van der Waals surface area contributed by atoms with Gasteiger partial charge < -0.3 is 9.53 Å². The van der Waals surface area contributed by atoms with Gasteiger partial charge in [0.25, 0.3) is 0 Å². The Hall–Kier alpha value is -0.860. The molecule has 0 saturated carbocycles. The molecule has 0 amide bonds.